The monoisotopic (exact) mass is 293 g/mol. The van der Waals surface area contributed by atoms with Crippen LogP contribution in [-0.4, -0.2) is 29.5 Å². The normalized spacial score (nSPS) is 12.4. The number of ether oxygens (including phenoxy) is 1. The highest BCUT2D eigenvalue weighted by molar-refractivity contribution is 6.31. The molecule has 0 aliphatic carbocycles. The van der Waals surface area contributed by atoms with Crippen molar-refractivity contribution in [3.05, 3.63) is 46.7 Å². The minimum Gasteiger partial charge on any atom is -0.492 e. The molecule has 0 saturated heterocycles. The lowest BCUT2D eigenvalue weighted by Crippen LogP contribution is -2.34. The molecule has 0 aliphatic rings. The van der Waals surface area contributed by atoms with Gasteiger partial charge in [-0.05, 0) is 26.1 Å². The van der Waals surface area contributed by atoms with Gasteiger partial charge in [-0.1, -0.05) is 29.8 Å². The molecule has 0 amide bonds. The van der Waals surface area contributed by atoms with Crippen LogP contribution in [0.25, 0.3) is 0 Å². The highest BCUT2D eigenvalue weighted by atomic mass is 35.5. The molecular weight excluding hydrogens is 274 g/mol. The van der Waals surface area contributed by atoms with Crippen molar-refractivity contribution in [1.82, 2.24) is 15.1 Å². The summed E-state index contributed by atoms with van der Waals surface area (Å²) in [6.07, 6.45) is 0.777. The number of halogens is 1. The first-order valence-corrected chi connectivity index (χ1v) is 7.02. The third kappa shape index (κ3) is 3.52. The van der Waals surface area contributed by atoms with E-state index in [1.54, 1.807) is 0 Å². The van der Waals surface area contributed by atoms with Crippen molar-refractivity contribution in [3.8, 4) is 5.75 Å². The number of rotatable bonds is 6. The van der Waals surface area contributed by atoms with Crippen molar-refractivity contribution in [3.63, 3.8) is 0 Å². The fourth-order valence-electron chi connectivity index (χ4n) is 2.09. The van der Waals surface area contributed by atoms with E-state index < -0.39 is 0 Å². The van der Waals surface area contributed by atoms with Gasteiger partial charge >= 0.3 is 0 Å². The molecule has 2 aromatic rings. The predicted molar refractivity (Wildman–Crippen MR) is 81.4 cm³/mol. The van der Waals surface area contributed by atoms with Crippen LogP contribution in [0.5, 0.6) is 5.75 Å². The Morgan fingerprint density at radius 1 is 1.35 bits per heavy atom. The van der Waals surface area contributed by atoms with E-state index in [4.69, 9.17) is 16.3 Å². The Kier molecular flexibility index (Phi) is 5.04. The van der Waals surface area contributed by atoms with Gasteiger partial charge in [0.15, 0.2) is 0 Å². The quantitative estimate of drug-likeness (QED) is 0.890. The van der Waals surface area contributed by atoms with Crippen molar-refractivity contribution in [1.29, 1.82) is 0 Å². The van der Waals surface area contributed by atoms with Gasteiger partial charge in [-0.2, -0.15) is 5.10 Å². The van der Waals surface area contributed by atoms with Crippen LogP contribution in [0.4, 0.5) is 0 Å². The molecule has 1 heterocycles. The molecule has 2 rings (SSSR count). The lowest BCUT2D eigenvalue weighted by molar-refractivity contribution is 0.268. The number of nitrogens with one attached hydrogen (secondary N) is 1. The fraction of sp³-hybridized carbons (Fsp3) is 0.400. The van der Waals surface area contributed by atoms with E-state index in [1.165, 1.54) is 0 Å². The van der Waals surface area contributed by atoms with Gasteiger partial charge in [0.25, 0.3) is 0 Å². The molecule has 0 spiro atoms. The van der Waals surface area contributed by atoms with Crippen molar-refractivity contribution in [2.75, 3.05) is 13.7 Å². The molecule has 0 radical (unpaired) electrons. The van der Waals surface area contributed by atoms with E-state index in [0.717, 1.165) is 28.6 Å². The SMILES string of the molecule is CNC(COc1ccccc1)Cc1c(Cl)c(C)nn1C. The van der Waals surface area contributed by atoms with Gasteiger partial charge in [-0.15, -0.1) is 0 Å². The summed E-state index contributed by atoms with van der Waals surface area (Å²) < 4.78 is 7.62. The van der Waals surface area contributed by atoms with E-state index in [0.29, 0.717) is 6.61 Å². The van der Waals surface area contributed by atoms with Crippen LogP contribution in [0.1, 0.15) is 11.4 Å². The minimum atomic E-state index is 0.183. The first kappa shape index (κ1) is 14.9. The van der Waals surface area contributed by atoms with Crippen molar-refractivity contribution in [2.24, 2.45) is 7.05 Å². The van der Waals surface area contributed by atoms with E-state index in [2.05, 4.69) is 10.4 Å². The second kappa shape index (κ2) is 6.77. The van der Waals surface area contributed by atoms with Gasteiger partial charge in [0, 0.05) is 19.5 Å². The number of hydrogen-bond acceptors (Lipinski definition) is 3. The van der Waals surface area contributed by atoms with Crippen molar-refractivity contribution in [2.45, 2.75) is 19.4 Å². The summed E-state index contributed by atoms with van der Waals surface area (Å²) in [5, 5.41) is 8.34. The number of benzene rings is 1. The molecule has 0 bridgehead atoms. The maximum absolute atomic E-state index is 6.28. The van der Waals surface area contributed by atoms with E-state index in [-0.39, 0.29) is 6.04 Å². The van der Waals surface area contributed by atoms with E-state index in [1.807, 2.05) is 56.0 Å². The molecule has 1 aromatic heterocycles. The molecule has 20 heavy (non-hydrogen) atoms. The zero-order valence-corrected chi connectivity index (χ0v) is 12.8. The average molecular weight is 294 g/mol. The Morgan fingerprint density at radius 2 is 2.05 bits per heavy atom. The Morgan fingerprint density at radius 3 is 2.60 bits per heavy atom. The number of aromatic nitrogens is 2. The maximum atomic E-state index is 6.28. The number of nitrogens with zero attached hydrogens (tertiary/aromatic N) is 2. The van der Waals surface area contributed by atoms with Gasteiger partial charge in [-0.3, -0.25) is 4.68 Å². The van der Waals surface area contributed by atoms with Crippen LogP contribution < -0.4 is 10.1 Å². The second-order valence-electron chi connectivity index (χ2n) is 4.78. The summed E-state index contributed by atoms with van der Waals surface area (Å²) in [7, 11) is 3.84. The van der Waals surface area contributed by atoms with Gasteiger partial charge in [-0.25, -0.2) is 0 Å². The topological polar surface area (TPSA) is 39.1 Å². The van der Waals surface area contributed by atoms with Crippen LogP contribution in [0.2, 0.25) is 5.02 Å². The van der Waals surface area contributed by atoms with E-state index >= 15 is 0 Å². The van der Waals surface area contributed by atoms with Crippen LogP contribution in [0, 0.1) is 6.92 Å². The van der Waals surface area contributed by atoms with Gasteiger partial charge in [0.2, 0.25) is 0 Å². The molecular formula is C15H20ClN3O. The van der Waals surface area contributed by atoms with Crippen LogP contribution in [0.15, 0.2) is 30.3 Å². The summed E-state index contributed by atoms with van der Waals surface area (Å²) in [5.74, 6) is 0.875. The molecule has 0 saturated carbocycles. The molecule has 4 nitrogen and oxygen atoms in total. The minimum absolute atomic E-state index is 0.183. The smallest absolute Gasteiger partial charge is 0.119 e. The van der Waals surface area contributed by atoms with Gasteiger partial charge in [0.05, 0.1) is 16.4 Å². The summed E-state index contributed by atoms with van der Waals surface area (Å²) in [6.45, 7) is 2.50. The Labute approximate surface area is 124 Å². The summed E-state index contributed by atoms with van der Waals surface area (Å²) in [5.41, 5.74) is 1.89. The molecule has 1 N–H and O–H groups in total. The number of likely N-dealkylation sites (N-methyl/N-ethyl adjacent to an activating group) is 1. The molecule has 1 unspecified atom stereocenters. The maximum Gasteiger partial charge on any atom is 0.119 e. The lowest BCUT2D eigenvalue weighted by atomic mass is 10.1. The molecule has 0 aliphatic heterocycles. The first-order chi connectivity index (χ1) is 9.61. The van der Waals surface area contributed by atoms with Crippen LogP contribution in [-0.2, 0) is 13.5 Å². The van der Waals surface area contributed by atoms with Crippen molar-refractivity contribution >= 4 is 11.6 Å². The lowest BCUT2D eigenvalue weighted by Gasteiger charge is -2.17. The van der Waals surface area contributed by atoms with Gasteiger partial charge < -0.3 is 10.1 Å². The molecule has 1 atom stereocenters. The van der Waals surface area contributed by atoms with Crippen molar-refractivity contribution < 1.29 is 4.74 Å². The highest BCUT2D eigenvalue weighted by Crippen LogP contribution is 2.21. The van der Waals surface area contributed by atoms with Crippen LogP contribution in [0.3, 0.4) is 0 Å². The molecule has 5 heteroatoms. The molecule has 108 valence electrons. The number of aryl methyl sites for hydroxylation is 2. The van der Waals surface area contributed by atoms with Crippen LogP contribution >= 0.6 is 11.6 Å². The zero-order valence-electron chi connectivity index (χ0n) is 12.1. The second-order valence-corrected chi connectivity index (χ2v) is 5.16. The molecule has 0 fully saturated rings. The fourth-order valence-corrected chi connectivity index (χ4v) is 2.33. The average Bonchev–Trinajstić information content (AvgIpc) is 2.70. The first-order valence-electron chi connectivity index (χ1n) is 6.65. The molecule has 1 aromatic carbocycles. The third-order valence-corrected chi connectivity index (χ3v) is 3.80. The standard InChI is InChI=1S/C15H20ClN3O/c1-11-15(16)14(19(3)18-11)9-12(17-2)10-20-13-7-5-4-6-8-13/h4-8,12,17H,9-10H2,1-3H3. The Balaban J connectivity index is 1.99. The Hall–Kier alpha value is -1.52. The van der Waals surface area contributed by atoms with E-state index in [9.17, 15) is 0 Å². The zero-order chi connectivity index (χ0) is 14.5. The Bertz CT molecular complexity index is 554. The number of hydrogen-bond donors (Lipinski definition) is 1. The third-order valence-electron chi connectivity index (χ3n) is 3.30. The highest BCUT2D eigenvalue weighted by Gasteiger charge is 2.16. The summed E-state index contributed by atoms with van der Waals surface area (Å²) >= 11 is 6.28. The number of para-hydroxylation sites is 1. The van der Waals surface area contributed by atoms with Gasteiger partial charge in [0.1, 0.15) is 12.4 Å². The predicted octanol–water partition coefficient (Wildman–Crippen LogP) is 2.59. The summed E-state index contributed by atoms with van der Waals surface area (Å²) in [4.78, 5) is 0. The largest absolute Gasteiger partial charge is 0.492 e. The summed E-state index contributed by atoms with van der Waals surface area (Å²) in [6, 6.07) is 9.99.